The molecule has 1 unspecified atom stereocenters. The summed E-state index contributed by atoms with van der Waals surface area (Å²) in [4.78, 5) is 23.7. The molecule has 18 heavy (non-hydrogen) atoms. The minimum atomic E-state index is -0.667. The largest absolute Gasteiger partial charge is 0.468 e. The van der Waals surface area contributed by atoms with Gasteiger partial charge in [0.15, 0.2) is 0 Å². The van der Waals surface area contributed by atoms with Crippen molar-refractivity contribution in [2.24, 2.45) is 5.92 Å². The molecule has 100 valence electrons. The van der Waals surface area contributed by atoms with Crippen LogP contribution in [-0.2, 0) is 19.1 Å². The fourth-order valence-corrected chi connectivity index (χ4v) is 3.21. The van der Waals surface area contributed by atoms with Crippen LogP contribution >= 0.6 is 0 Å². The zero-order valence-electron chi connectivity index (χ0n) is 11.0. The van der Waals surface area contributed by atoms with Crippen LogP contribution in [0.5, 0.6) is 0 Å². The maximum Gasteiger partial charge on any atom is 0.331 e. The first-order valence-electron chi connectivity index (χ1n) is 6.58. The number of hydrogen-bond acceptors (Lipinski definition) is 4. The van der Waals surface area contributed by atoms with E-state index in [0.29, 0.717) is 0 Å². The highest BCUT2D eigenvalue weighted by molar-refractivity contribution is 5.89. The highest BCUT2D eigenvalue weighted by Crippen LogP contribution is 2.43. The van der Waals surface area contributed by atoms with E-state index in [4.69, 9.17) is 9.47 Å². The van der Waals surface area contributed by atoms with Crippen LogP contribution in [0.15, 0.2) is 11.6 Å². The van der Waals surface area contributed by atoms with Crippen LogP contribution in [0.25, 0.3) is 0 Å². The van der Waals surface area contributed by atoms with E-state index >= 15 is 0 Å². The lowest BCUT2D eigenvalue weighted by Crippen LogP contribution is -2.49. The number of rotatable bonds is 1. The van der Waals surface area contributed by atoms with Crippen LogP contribution in [0, 0.1) is 5.92 Å². The number of carbonyl (C=O) groups excluding carboxylic acids is 2. The van der Waals surface area contributed by atoms with E-state index in [9.17, 15) is 9.59 Å². The van der Waals surface area contributed by atoms with Crippen LogP contribution in [0.3, 0.4) is 0 Å². The van der Waals surface area contributed by atoms with Gasteiger partial charge >= 0.3 is 11.9 Å². The van der Waals surface area contributed by atoms with E-state index < -0.39 is 11.5 Å². The normalized spacial score (nSPS) is 27.1. The lowest BCUT2D eigenvalue weighted by molar-refractivity contribution is -0.173. The van der Waals surface area contributed by atoms with Crippen molar-refractivity contribution in [1.82, 2.24) is 0 Å². The van der Waals surface area contributed by atoms with Crippen molar-refractivity contribution in [3.8, 4) is 0 Å². The van der Waals surface area contributed by atoms with Gasteiger partial charge in [0.25, 0.3) is 0 Å². The van der Waals surface area contributed by atoms with Gasteiger partial charge in [-0.15, -0.1) is 0 Å². The smallest absolute Gasteiger partial charge is 0.331 e. The van der Waals surface area contributed by atoms with Crippen LogP contribution < -0.4 is 0 Å². The first-order valence-corrected chi connectivity index (χ1v) is 6.58. The highest BCUT2D eigenvalue weighted by atomic mass is 16.6. The molecule has 1 atom stereocenters. The summed E-state index contributed by atoms with van der Waals surface area (Å²) in [5, 5.41) is 0. The quantitative estimate of drug-likeness (QED) is 0.672. The van der Waals surface area contributed by atoms with Crippen LogP contribution in [0.2, 0.25) is 0 Å². The third kappa shape index (κ3) is 2.28. The fraction of sp³-hybridized carbons (Fsp3) is 0.714. The second-order valence-electron chi connectivity index (χ2n) is 5.24. The zero-order valence-corrected chi connectivity index (χ0v) is 11.0. The third-order valence-electron chi connectivity index (χ3n) is 4.02. The molecule has 0 aromatic rings. The molecule has 2 rings (SSSR count). The molecule has 1 spiro atoms. The van der Waals surface area contributed by atoms with Gasteiger partial charge in [-0.25, -0.2) is 4.79 Å². The fourth-order valence-electron chi connectivity index (χ4n) is 3.21. The Balaban J connectivity index is 2.37. The molecule has 0 N–H and O–H groups in total. The average molecular weight is 252 g/mol. The number of ether oxygens (including phenoxy) is 2. The Bertz CT molecular complexity index is 375. The molecule has 1 aliphatic heterocycles. The molecule has 1 fully saturated rings. The van der Waals surface area contributed by atoms with E-state index in [1.165, 1.54) is 13.2 Å². The number of methoxy groups -OCH3 is 1. The Morgan fingerprint density at radius 3 is 2.50 bits per heavy atom. The van der Waals surface area contributed by atoms with Gasteiger partial charge in [-0.2, -0.15) is 0 Å². The molecule has 1 aliphatic carbocycles. The Morgan fingerprint density at radius 1 is 1.33 bits per heavy atom. The lowest BCUT2D eigenvalue weighted by Gasteiger charge is -2.41. The number of carbonyl (C=O) groups is 2. The second-order valence-corrected chi connectivity index (χ2v) is 5.24. The Morgan fingerprint density at radius 2 is 1.94 bits per heavy atom. The molecule has 0 aromatic carbocycles. The third-order valence-corrected chi connectivity index (χ3v) is 4.02. The van der Waals surface area contributed by atoms with E-state index in [1.807, 2.05) is 6.92 Å². The molecule has 0 amide bonds. The van der Waals surface area contributed by atoms with Gasteiger partial charge in [0.2, 0.25) is 0 Å². The zero-order chi connectivity index (χ0) is 13.2. The Labute approximate surface area is 107 Å². The van der Waals surface area contributed by atoms with Crippen molar-refractivity contribution in [3.05, 3.63) is 11.6 Å². The predicted molar refractivity (Wildman–Crippen MR) is 65.8 cm³/mol. The van der Waals surface area contributed by atoms with Gasteiger partial charge in [-0.1, -0.05) is 12.8 Å². The van der Waals surface area contributed by atoms with Gasteiger partial charge in [-0.3, -0.25) is 4.79 Å². The molecular weight excluding hydrogens is 232 g/mol. The summed E-state index contributed by atoms with van der Waals surface area (Å²) in [6, 6.07) is 0. The first-order chi connectivity index (χ1) is 8.59. The molecule has 4 nitrogen and oxygen atoms in total. The summed E-state index contributed by atoms with van der Waals surface area (Å²) in [5.74, 6) is -1.05. The van der Waals surface area contributed by atoms with Gasteiger partial charge in [0.05, 0.1) is 7.11 Å². The van der Waals surface area contributed by atoms with Gasteiger partial charge in [-0.05, 0) is 38.2 Å². The summed E-state index contributed by atoms with van der Waals surface area (Å²) in [5.41, 5.74) is 0.0967. The van der Waals surface area contributed by atoms with Crippen molar-refractivity contribution >= 4 is 11.9 Å². The van der Waals surface area contributed by atoms with Crippen molar-refractivity contribution in [1.29, 1.82) is 0 Å². The topological polar surface area (TPSA) is 52.6 Å². The summed E-state index contributed by atoms with van der Waals surface area (Å²) in [6.45, 7) is 1.81. The number of hydrogen-bond donors (Lipinski definition) is 0. The number of esters is 2. The predicted octanol–water partition coefficient (Wildman–Crippen LogP) is 2.37. The molecule has 1 saturated carbocycles. The van der Waals surface area contributed by atoms with Crippen LogP contribution in [-0.4, -0.2) is 24.6 Å². The first kappa shape index (κ1) is 13.1. The van der Waals surface area contributed by atoms with Crippen molar-refractivity contribution in [2.45, 2.75) is 51.0 Å². The maximum atomic E-state index is 12.0. The SMILES string of the molecule is COC(=O)C1C(C)=CC(=O)OC12CCCCCC2. The molecule has 0 saturated heterocycles. The Kier molecular flexibility index (Phi) is 3.73. The molecule has 2 aliphatic rings. The molecule has 1 heterocycles. The summed E-state index contributed by atoms with van der Waals surface area (Å²) >= 11 is 0. The van der Waals surface area contributed by atoms with E-state index in [0.717, 1.165) is 44.1 Å². The monoisotopic (exact) mass is 252 g/mol. The second kappa shape index (κ2) is 5.12. The van der Waals surface area contributed by atoms with Crippen molar-refractivity contribution in [3.63, 3.8) is 0 Å². The summed E-state index contributed by atoms with van der Waals surface area (Å²) < 4.78 is 10.5. The molecule has 0 bridgehead atoms. The van der Waals surface area contributed by atoms with Crippen LogP contribution in [0.1, 0.15) is 45.4 Å². The van der Waals surface area contributed by atoms with Gasteiger partial charge in [0.1, 0.15) is 11.5 Å². The summed E-state index contributed by atoms with van der Waals surface area (Å²) in [7, 11) is 1.39. The standard InChI is InChI=1S/C14H20O4/c1-10-9-11(15)18-14(12(10)13(16)17-2)7-5-3-4-6-8-14/h9,12H,3-8H2,1-2H3. The molecule has 4 heteroatoms. The summed E-state index contributed by atoms with van der Waals surface area (Å²) in [6.07, 6.45) is 7.18. The van der Waals surface area contributed by atoms with Gasteiger partial charge < -0.3 is 9.47 Å². The lowest BCUT2D eigenvalue weighted by atomic mass is 9.75. The van der Waals surface area contributed by atoms with Crippen LogP contribution in [0.4, 0.5) is 0 Å². The molecular formula is C14H20O4. The minimum absolute atomic E-state index is 0.293. The van der Waals surface area contributed by atoms with Gasteiger partial charge in [0, 0.05) is 6.08 Å². The van der Waals surface area contributed by atoms with E-state index in [2.05, 4.69) is 0 Å². The van der Waals surface area contributed by atoms with Crippen molar-refractivity contribution < 1.29 is 19.1 Å². The average Bonchev–Trinajstić information content (AvgIpc) is 2.53. The maximum absolute atomic E-state index is 12.0. The van der Waals surface area contributed by atoms with Crippen molar-refractivity contribution in [2.75, 3.05) is 7.11 Å². The molecule has 0 radical (unpaired) electrons. The Hall–Kier alpha value is -1.32. The van der Waals surface area contributed by atoms with E-state index in [1.54, 1.807) is 0 Å². The molecule has 0 aromatic heterocycles. The minimum Gasteiger partial charge on any atom is -0.468 e. The van der Waals surface area contributed by atoms with E-state index in [-0.39, 0.29) is 11.9 Å². The highest BCUT2D eigenvalue weighted by Gasteiger charge is 2.50.